The highest BCUT2D eigenvalue weighted by atomic mass is 16.6. The van der Waals surface area contributed by atoms with E-state index in [-0.39, 0.29) is 31.6 Å². The maximum absolute atomic E-state index is 11.8. The number of benzene rings is 1. The van der Waals surface area contributed by atoms with Crippen LogP contribution in [-0.2, 0) is 33.6 Å². The lowest BCUT2D eigenvalue weighted by Crippen LogP contribution is -2.51. The van der Waals surface area contributed by atoms with Gasteiger partial charge in [-0.15, -0.1) is 0 Å². The van der Waals surface area contributed by atoms with Gasteiger partial charge in [0.25, 0.3) is 5.69 Å². The van der Waals surface area contributed by atoms with E-state index < -0.39 is 53.1 Å². The number of carbonyl (C=O) groups is 7. The van der Waals surface area contributed by atoms with E-state index in [9.17, 15) is 43.7 Å². The van der Waals surface area contributed by atoms with E-state index in [0.717, 1.165) is 0 Å². The number of hydrogen-bond donors (Lipinski definition) is 6. The number of amides is 4. The molecule has 0 bridgehead atoms. The first-order chi connectivity index (χ1) is 17.8. The minimum absolute atomic E-state index is 0.0316. The molecule has 1 rings (SSSR count). The van der Waals surface area contributed by atoms with Gasteiger partial charge in [0, 0.05) is 32.4 Å². The number of esters is 1. The molecule has 1 aromatic rings. The molecule has 0 saturated heterocycles. The molecule has 0 aliphatic rings. The molecular formula is C21H28N6O11. The third-order valence-electron chi connectivity index (χ3n) is 3.93. The number of hydrogen-bond acceptors (Lipinski definition) is 11. The second-order valence-corrected chi connectivity index (χ2v) is 7.12. The molecule has 6 N–H and O–H groups in total. The summed E-state index contributed by atoms with van der Waals surface area (Å²) in [6.07, 6.45) is -0.105. The van der Waals surface area contributed by atoms with Crippen LogP contribution in [0.15, 0.2) is 24.3 Å². The van der Waals surface area contributed by atoms with Gasteiger partial charge in [0.2, 0.25) is 23.6 Å². The lowest BCUT2D eigenvalue weighted by atomic mass is 10.1. The number of hydrazine groups is 1. The van der Waals surface area contributed by atoms with Crippen LogP contribution in [-0.4, -0.2) is 77.6 Å². The third kappa shape index (κ3) is 16.7. The molecule has 0 aliphatic heterocycles. The normalized spacial score (nSPS) is 10.4. The van der Waals surface area contributed by atoms with Crippen LogP contribution in [0.4, 0.5) is 5.69 Å². The minimum atomic E-state index is -1.15. The molecule has 1 atom stereocenters. The maximum atomic E-state index is 11.8. The average Bonchev–Trinajstić information content (AvgIpc) is 2.83. The van der Waals surface area contributed by atoms with Crippen molar-refractivity contribution in [1.29, 1.82) is 0 Å². The monoisotopic (exact) mass is 540 g/mol. The van der Waals surface area contributed by atoms with Crippen molar-refractivity contribution in [3.05, 3.63) is 34.4 Å². The topological polar surface area (TPSA) is 252 Å². The maximum Gasteiger partial charge on any atom is 0.308 e. The molecule has 17 nitrogen and oxygen atoms in total. The van der Waals surface area contributed by atoms with Gasteiger partial charge >= 0.3 is 11.9 Å². The summed E-state index contributed by atoms with van der Waals surface area (Å²) < 4.78 is 4.69. The number of nitro groups is 1. The summed E-state index contributed by atoms with van der Waals surface area (Å²) in [5.74, 6) is -3.71. The Labute approximate surface area is 215 Å². The summed E-state index contributed by atoms with van der Waals surface area (Å²) >= 11 is 0. The molecule has 4 amide bonds. The Morgan fingerprint density at radius 3 is 2.16 bits per heavy atom. The van der Waals surface area contributed by atoms with Crippen LogP contribution in [0.2, 0.25) is 0 Å². The number of carboxylic acid groups (broad SMARTS) is 1. The van der Waals surface area contributed by atoms with Gasteiger partial charge in [-0.05, 0) is 18.6 Å². The number of nitrogens with one attached hydrogen (secondary N) is 5. The highest BCUT2D eigenvalue weighted by Gasteiger charge is 2.21. The van der Waals surface area contributed by atoms with Crippen molar-refractivity contribution in [3.8, 4) is 5.75 Å². The Hall–Kier alpha value is -4.93. The van der Waals surface area contributed by atoms with Crippen LogP contribution in [0, 0.1) is 10.1 Å². The summed E-state index contributed by atoms with van der Waals surface area (Å²) in [6.45, 7) is 1.51. The van der Waals surface area contributed by atoms with Gasteiger partial charge in [-0.2, -0.15) is 0 Å². The standard InChI is InChI=1S/C13H21N5O7.C8H7NO4/c1-8(20)18-16-7-10(21)15-6-11(22)17-9(2-3-12(23)24)13(25)14-4-5-19;1-6(10)13-8-4-2-7(3-5-8)9(11)12/h5,9,16H,2-4,6-7H2,1H3,(H,14,25)(H,15,21)(H,17,22)(H,18,20)(H,23,24);2-5H,1H3/t9-;/m0./s1. The number of ether oxygens (including phenoxy) is 1. The smallest absolute Gasteiger partial charge is 0.308 e. The van der Waals surface area contributed by atoms with Crippen molar-refractivity contribution in [2.45, 2.75) is 32.7 Å². The van der Waals surface area contributed by atoms with Crippen LogP contribution in [0.25, 0.3) is 0 Å². The van der Waals surface area contributed by atoms with Crippen molar-refractivity contribution in [2.24, 2.45) is 0 Å². The van der Waals surface area contributed by atoms with Crippen molar-refractivity contribution in [1.82, 2.24) is 26.8 Å². The first-order valence-electron chi connectivity index (χ1n) is 10.8. The van der Waals surface area contributed by atoms with Gasteiger partial charge in [-0.3, -0.25) is 44.3 Å². The van der Waals surface area contributed by atoms with Crippen molar-refractivity contribution in [2.75, 3.05) is 19.6 Å². The molecule has 17 heteroatoms. The summed E-state index contributed by atoms with van der Waals surface area (Å²) in [5.41, 5.74) is 4.46. The highest BCUT2D eigenvalue weighted by molar-refractivity contribution is 5.91. The van der Waals surface area contributed by atoms with Crippen LogP contribution in [0.1, 0.15) is 26.7 Å². The Morgan fingerprint density at radius 1 is 1.03 bits per heavy atom. The molecule has 1 aromatic carbocycles. The molecule has 0 fully saturated rings. The van der Waals surface area contributed by atoms with Crippen molar-refractivity contribution in [3.63, 3.8) is 0 Å². The molecule has 208 valence electrons. The number of carbonyl (C=O) groups excluding carboxylic acids is 6. The highest BCUT2D eigenvalue weighted by Crippen LogP contribution is 2.17. The number of aldehydes is 1. The zero-order valence-corrected chi connectivity index (χ0v) is 20.5. The minimum Gasteiger partial charge on any atom is -0.481 e. The third-order valence-corrected chi connectivity index (χ3v) is 3.93. The summed E-state index contributed by atoms with van der Waals surface area (Å²) in [5, 5.41) is 25.6. The zero-order chi connectivity index (χ0) is 29.1. The fourth-order valence-electron chi connectivity index (χ4n) is 2.34. The van der Waals surface area contributed by atoms with Gasteiger partial charge in [0.05, 0.1) is 24.6 Å². The van der Waals surface area contributed by atoms with Crippen molar-refractivity contribution < 1.29 is 48.3 Å². The van der Waals surface area contributed by atoms with E-state index in [1.165, 1.54) is 38.1 Å². The van der Waals surface area contributed by atoms with Gasteiger partial charge in [0.1, 0.15) is 18.1 Å². The fraction of sp³-hybridized carbons (Fsp3) is 0.381. The summed E-state index contributed by atoms with van der Waals surface area (Å²) in [6, 6.07) is 4.15. The second-order valence-electron chi connectivity index (χ2n) is 7.12. The Bertz CT molecular complexity index is 1010. The van der Waals surface area contributed by atoms with Crippen LogP contribution in [0.5, 0.6) is 5.75 Å². The first kappa shape index (κ1) is 33.1. The molecule has 0 spiro atoms. The predicted octanol–water partition coefficient (Wildman–Crippen LogP) is -2.07. The van der Waals surface area contributed by atoms with Gasteiger partial charge in [-0.1, -0.05) is 0 Å². The molecule has 0 aliphatic carbocycles. The van der Waals surface area contributed by atoms with Crippen LogP contribution < -0.4 is 31.5 Å². The number of nitrogens with zero attached hydrogens (tertiary/aromatic N) is 1. The largest absolute Gasteiger partial charge is 0.481 e. The molecule has 0 unspecified atom stereocenters. The van der Waals surface area contributed by atoms with E-state index in [1.54, 1.807) is 0 Å². The van der Waals surface area contributed by atoms with Gasteiger partial charge < -0.3 is 30.6 Å². The van der Waals surface area contributed by atoms with Gasteiger partial charge in [-0.25, -0.2) is 5.43 Å². The zero-order valence-electron chi connectivity index (χ0n) is 20.5. The quantitative estimate of drug-likeness (QED) is 0.0489. The molecule has 0 aromatic heterocycles. The first-order valence-corrected chi connectivity index (χ1v) is 10.8. The SMILES string of the molecule is CC(=O)NNCC(=O)NCC(=O)N[C@@H](CCC(=O)O)C(=O)NCC=O.CC(=O)Oc1ccc([N+](=O)[O-])cc1. The fourth-order valence-corrected chi connectivity index (χ4v) is 2.34. The summed E-state index contributed by atoms with van der Waals surface area (Å²) in [4.78, 5) is 86.6. The Kier molecular flexibility index (Phi) is 16.0. The van der Waals surface area contributed by atoms with Gasteiger partial charge in [0.15, 0.2) is 0 Å². The Balaban J connectivity index is 0.000000875. The van der Waals surface area contributed by atoms with E-state index in [0.29, 0.717) is 12.0 Å². The van der Waals surface area contributed by atoms with E-state index in [1.807, 2.05) is 0 Å². The lowest BCUT2D eigenvalue weighted by molar-refractivity contribution is -0.384. The predicted molar refractivity (Wildman–Crippen MR) is 127 cm³/mol. The van der Waals surface area contributed by atoms with Crippen molar-refractivity contribution >= 4 is 47.5 Å². The van der Waals surface area contributed by atoms with E-state index >= 15 is 0 Å². The number of carboxylic acids is 1. The second kappa shape index (κ2) is 18.4. The average molecular weight is 540 g/mol. The molecule has 0 radical (unpaired) electrons. The van der Waals surface area contributed by atoms with E-state index in [2.05, 4.69) is 31.5 Å². The number of nitro benzene ring substituents is 1. The van der Waals surface area contributed by atoms with E-state index in [4.69, 9.17) is 5.11 Å². The Morgan fingerprint density at radius 2 is 1.66 bits per heavy atom. The summed E-state index contributed by atoms with van der Waals surface area (Å²) in [7, 11) is 0. The van der Waals surface area contributed by atoms with Crippen LogP contribution in [0.3, 0.4) is 0 Å². The molecule has 0 saturated carbocycles. The number of rotatable bonds is 14. The molecule has 38 heavy (non-hydrogen) atoms. The molecule has 0 heterocycles. The number of aliphatic carboxylic acids is 1. The van der Waals surface area contributed by atoms with Crippen LogP contribution >= 0.6 is 0 Å². The molecular weight excluding hydrogens is 512 g/mol. The lowest BCUT2D eigenvalue weighted by Gasteiger charge is -2.17. The number of non-ortho nitro benzene ring substituents is 1.